The number of fused-ring (bicyclic) bond motifs is 1. The lowest BCUT2D eigenvalue weighted by Crippen LogP contribution is -2.44. The standard InChI is InChI=1S/C16H22F3N3/c1-21-6-4-13(5-7-21)22-10-11-2-3-12(16(17,18)19)8-14(11)15(22)9-20/h2-3,8,13,15H,4-7,9-10,20H2,1H3. The van der Waals surface area contributed by atoms with Crippen molar-refractivity contribution in [2.24, 2.45) is 5.73 Å². The maximum Gasteiger partial charge on any atom is 0.416 e. The minimum absolute atomic E-state index is 0.0919. The summed E-state index contributed by atoms with van der Waals surface area (Å²) in [5, 5.41) is 0. The zero-order valence-corrected chi connectivity index (χ0v) is 12.7. The van der Waals surface area contributed by atoms with Crippen LogP contribution in [0.4, 0.5) is 13.2 Å². The van der Waals surface area contributed by atoms with E-state index in [1.54, 1.807) is 6.07 Å². The van der Waals surface area contributed by atoms with E-state index in [2.05, 4.69) is 16.8 Å². The van der Waals surface area contributed by atoms with Gasteiger partial charge in [0.2, 0.25) is 0 Å². The number of alkyl halides is 3. The van der Waals surface area contributed by atoms with Crippen molar-refractivity contribution in [1.82, 2.24) is 9.80 Å². The first kappa shape index (κ1) is 15.8. The van der Waals surface area contributed by atoms with Crippen LogP contribution in [-0.2, 0) is 12.7 Å². The third kappa shape index (κ3) is 2.87. The van der Waals surface area contributed by atoms with Crippen molar-refractivity contribution in [2.45, 2.75) is 37.6 Å². The summed E-state index contributed by atoms with van der Waals surface area (Å²) in [6.07, 6.45) is -2.20. The van der Waals surface area contributed by atoms with E-state index in [0.29, 0.717) is 19.1 Å². The molecule has 2 N–H and O–H groups in total. The molecule has 1 saturated heterocycles. The number of likely N-dealkylation sites (tertiary alicyclic amines) is 1. The highest BCUT2D eigenvalue weighted by Crippen LogP contribution is 2.40. The van der Waals surface area contributed by atoms with Crippen molar-refractivity contribution in [1.29, 1.82) is 0 Å². The Morgan fingerprint density at radius 1 is 1.23 bits per heavy atom. The Balaban J connectivity index is 1.85. The molecule has 2 aliphatic heterocycles. The minimum atomic E-state index is -4.30. The summed E-state index contributed by atoms with van der Waals surface area (Å²) in [7, 11) is 2.10. The molecule has 1 aromatic carbocycles. The van der Waals surface area contributed by atoms with Crippen LogP contribution in [0.3, 0.4) is 0 Å². The second-order valence-electron chi connectivity index (χ2n) is 6.37. The summed E-state index contributed by atoms with van der Waals surface area (Å²) in [4.78, 5) is 4.59. The van der Waals surface area contributed by atoms with Crippen LogP contribution in [0, 0.1) is 0 Å². The number of piperidine rings is 1. The van der Waals surface area contributed by atoms with Crippen molar-refractivity contribution in [3.63, 3.8) is 0 Å². The summed E-state index contributed by atoms with van der Waals surface area (Å²) < 4.78 is 38.8. The van der Waals surface area contributed by atoms with Crippen LogP contribution in [0.5, 0.6) is 0 Å². The SMILES string of the molecule is CN1CCC(N2Cc3ccc(C(F)(F)F)cc3C2CN)CC1. The van der Waals surface area contributed by atoms with Crippen LogP contribution in [0.2, 0.25) is 0 Å². The van der Waals surface area contributed by atoms with Crippen LogP contribution in [0.1, 0.15) is 35.6 Å². The third-order valence-electron chi connectivity index (χ3n) is 4.97. The summed E-state index contributed by atoms with van der Waals surface area (Å²) >= 11 is 0. The molecule has 1 aromatic rings. The Labute approximate surface area is 128 Å². The number of rotatable bonds is 2. The van der Waals surface area contributed by atoms with Gasteiger partial charge in [-0.15, -0.1) is 0 Å². The smallest absolute Gasteiger partial charge is 0.329 e. The molecular weight excluding hydrogens is 291 g/mol. The second kappa shape index (κ2) is 5.83. The van der Waals surface area contributed by atoms with Crippen molar-refractivity contribution in [3.05, 3.63) is 34.9 Å². The van der Waals surface area contributed by atoms with Gasteiger partial charge in [-0.1, -0.05) is 6.07 Å². The molecule has 0 aromatic heterocycles. The predicted molar refractivity (Wildman–Crippen MR) is 79.3 cm³/mol. The first-order valence-corrected chi connectivity index (χ1v) is 7.74. The molecule has 3 rings (SSSR count). The van der Waals surface area contributed by atoms with Gasteiger partial charge in [0, 0.05) is 25.2 Å². The van der Waals surface area contributed by atoms with Crippen molar-refractivity contribution in [2.75, 3.05) is 26.7 Å². The number of benzene rings is 1. The number of hydrogen-bond acceptors (Lipinski definition) is 3. The van der Waals surface area contributed by atoms with Crippen LogP contribution in [0.25, 0.3) is 0 Å². The van der Waals surface area contributed by atoms with Gasteiger partial charge < -0.3 is 10.6 Å². The maximum atomic E-state index is 12.9. The molecule has 2 aliphatic rings. The Hall–Kier alpha value is -1.11. The fourth-order valence-electron chi connectivity index (χ4n) is 3.68. The highest BCUT2D eigenvalue weighted by molar-refractivity contribution is 5.39. The quantitative estimate of drug-likeness (QED) is 0.911. The molecule has 0 saturated carbocycles. The number of hydrogen-bond donors (Lipinski definition) is 1. The zero-order valence-electron chi connectivity index (χ0n) is 12.7. The average molecular weight is 313 g/mol. The molecule has 3 nitrogen and oxygen atoms in total. The molecule has 0 spiro atoms. The Morgan fingerprint density at radius 3 is 2.50 bits per heavy atom. The zero-order chi connectivity index (χ0) is 15.9. The van der Waals surface area contributed by atoms with Gasteiger partial charge in [-0.3, -0.25) is 4.90 Å². The Morgan fingerprint density at radius 2 is 1.91 bits per heavy atom. The van der Waals surface area contributed by atoms with Gasteiger partial charge in [0.25, 0.3) is 0 Å². The molecule has 22 heavy (non-hydrogen) atoms. The normalized spacial score (nSPS) is 24.7. The van der Waals surface area contributed by atoms with Gasteiger partial charge in [0.15, 0.2) is 0 Å². The summed E-state index contributed by atoms with van der Waals surface area (Å²) in [5.74, 6) is 0. The maximum absolute atomic E-state index is 12.9. The van der Waals surface area contributed by atoms with Crippen LogP contribution >= 0.6 is 0 Å². The van der Waals surface area contributed by atoms with E-state index in [1.165, 1.54) is 12.1 Å². The van der Waals surface area contributed by atoms with Crippen LogP contribution < -0.4 is 5.73 Å². The fraction of sp³-hybridized carbons (Fsp3) is 0.625. The number of nitrogens with zero attached hydrogens (tertiary/aromatic N) is 2. The molecule has 0 amide bonds. The minimum Gasteiger partial charge on any atom is -0.329 e. The lowest BCUT2D eigenvalue weighted by Gasteiger charge is -2.38. The monoisotopic (exact) mass is 313 g/mol. The van der Waals surface area contributed by atoms with E-state index in [0.717, 1.165) is 37.1 Å². The molecular formula is C16H22F3N3. The van der Waals surface area contributed by atoms with E-state index >= 15 is 0 Å². The fourth-order valence-corrected chi connectivity index (χ4v) is 3.68. The first-order chi connectivity index (χ1) is 10.4. The highest BCUT2D eigenvalue weighted by Gasteiger charge is 2.38. The molecule has 0 radical (unpaired) electrons. The summed E-state index contributed by atoms with van der Waals surface area (Å²) in [6, 6.07) is 4.42. The second-order valence-corrected chi connectivity index (χ2v) is 6.37. The molecule has 0 aliphatic carbocycles. The van der Waals surface area contributed by atoms with Gasteiger partial charge >= 0.3 is 6.18 Å². The largest absolute Gasteiger partial charge is 0.416 e. The number of halogens is 3. The predicted octanol–water partition coefficient (Wildman–Crippen LogP) is 2.62. The van der Waals surface area contributed by atoms with Crippen LogP contribution in [-0.4, -0.2) is 42.5 Å². The molecule has 1 fully saturated rings. The van der Waals surface area contributed by atoms with E-state index in [-0.39, 0.29) is 6.04 Å². The van der Waals surface area contributed by atoms with Gasteiger partial charge in [-0.2, -0.15) is 13.2 Å². The Bertz CT molecular complexity index is 536. The lowest BCUT2D eigenvalue weighted by atomic mass is 9.99. The van der Waals surface area contributed by atoms with E-state index in [9.17, 15) is 13.2 Å². The summed E-state index contributed by atoms with van der Waals surface area (Å²) in [5.41, 5.74) is 7.07. The molecule has 1 atom stereocenters. The molecule has 1 unspecified atom stereocenters. The van der Waals surface area contributed by atoms with Crippen molar-refractivity contribution >= 4 is 0 Å². The van der Waals surface area contributed by atoms with Gasteiger partial charge in [0.05, 0.1) is 5.56 Å². The van der Waals surface area contributed by atoms with Crippen molar-refractivity contribution < 1.29 is 13.2 Å². The van der Waals surface area contributed by atoms with Crippen LogP contribution in [0.15, 0.2) is 18.2 Å². The third-order valence-corrected chi connectivity index (χ3v) is 4.97. The number of nitrogens with two attached hydrogens (primary N) is 1. The van der Waals surface area contributed by atoms with Gasteiger partial charge in [0.1, 0.15) is 0 Å². The average Bonchev–Trinajstić information content (AvgIpc) is 2.84. The Kier molecular flexibility index (Phi) is 4.18. The van der Waals surface area contributed by atoms with E-state index in [4.69, 9.17) is 5.73 Å². The molecule has 0 bridgehead atoms. The van der Waals surface area contributed by atoms with E-state index in [1.807, 2.05) is 0 Å². The highest BCUT2D eigenvalue weighted by atomic mass is 19.4. The van der Waals surface area contributed by atoms with Gasteiger partial charge in [-0.25, -0.2) is 0 Å². The lowest BCUT2D eigenvalue weighted by molar-refractivity contribution is -0.137. The molecule has 122 valence electrons. The van der Waals surface area contributed by atoms with Crippen molar-refractivity contribution in [3.8, 4) is 0 Å². The summed E-state index contributed by atoms with van der Waals surface area (Å²) in [6.45, 7) is 3.13. The molecule has 6 heteroatoms. The topological polar surface area (TPSA) is 32.5 Å². The van der Waals surface area contributed by atoms with E-state index < -0.39 is 11.7 Å². The van der Waals surface area contributed by atoms with Gasteiger partial charge in [-0.05, 0) is 56.2 Å². The first-order valence-electron chi connectivity index (χ1n) is 7.74. The molecule has 2 heterocycles.